The minimum atomic E-state index is -0.00694. The molecule has 1 atom stereocenters. The van der Waals surface area contributed by atoms with E-state index in [0.717, 1.165) is 33.1 Å². The molecule has 0 fully saturated rings. The monoisotopic (exact) mass is 343 g/mol. The molecule has 5 nitrogen and oxygen atoms in total. The Morgan fingerprint density at radius 3 is 2.67 bits per heavy atom. The predicted octanol–water partition coefficient (Wildman–Crippen LogP) is 2.53. The minimum Gasteiger partial charge on any atom is -0.271 e. The number of aromatic nitrogens is 3. The van der Waals surface area contributed by atoms with Gasteiger partial charge in [-0.1, -0.05) is 6.07 Å². The largest absolute Gasteiger partial charge is 0.271 e. The Hall–Kier alpha value is -1.89. The zero-order valence-electron chi connectivity index (χ0n) is 11.2. The highest BCUT2D eigenvalue weighted by atomic mass is 79.9. The van der Waals surface area contributed by atoms with Crippen LogP contribution in [0.4, 0.5) is 0 Å². The third-order valence-corrected chi connectivity index (χ3v) is 3.73. The highest BCUT2D eigenvalue weighted by Gasteiger charge is 2.12. The van der Waals surface area contributed by atoms with E-state index in [-0.39, 0.29) is 6.04 Å². The predicted molar refractivity (Wildman–Crippen MR) is 85.2 cm³/mol. The highest BCUT2D eigenvalue weighted by molar-refractivity contribution is 9.10. The summed E-state index contributed by atoms with van der Waals surface area (Å²) >= 11 is 3.43. The van der Waals surface area contributed by atoms with Crippen molar-refractivity contribution in [1.29, 1.82) is 0 Å². The van der Waals surface area contributed by atoms with Crippen molar-refractivity contribution < 1.29 is 0 Å². The Labute approximate surface area is 130 Å². The van der Waals surface area contributed by atoms with Crippen LogP contribution in [-0.4, -0.2) is 15.0 Å². The summed E-state index contributed by atoms with van der Waals surface area (Å²) in [6, 6.07) is 8.03. The number of hydrazine groups is 1. The quantitative estimate of drug-likeness (QED) is 0.562. The van der Waals surface area contributed by atoms with Gasteiger partial charge >= 0.3 is 0 Å². The molecule has 0 amide bonds. The number of benzene rings is 1. The molecule has 3 aromatic rings. The Morgan fingerprint density at radius 2 is 1.90 bits per heavy atom. The molecule has 0 aliphatic rings. The van der Waals surface area contributed by atoms with Crippen LogP contribution < -0.4 is 11.3 Å². The van der Waals surface area contributed by atoms with Crippen molar-refractivity contribution in [3.05, 3.63) is 64.7 Å². The van der Waals surface area contributed by atoms with E-state index in [2.05, 4.69) is 36.3 Å². The number of nitrogens with two attached hydrogens (primary N) is 1. The first kappa shape index (κ1) is 14.1. The molecule has 0 bridgehead atoms. The Kier molecular flexibility index (Phi) is 4.19. The SMILES string of the molecule is NNC(Cc1cncc(Br)c1)c1ccc2nccnc2c1. The minimum absolute atomic E-state index is 0.00694. The molecule has 0 radical (unpaired) electrons. The summed E-state index contributed by atoms with van der Waals surface area (Å²) < 4.78 is 0.958. The second-order valence-electron chi connectivity index (χ2n) is 4.74. The van der Waals surface area contributed by atoms with E-state index >= 15 is 0 Å². The van der Waals surface area contributed by atoms with Crippen LogP contribution in [0.3, 0.4) is 0 Å². The maximum absolute atomic E-state index is 5.72. The van der Waals surface area contributed by atoms with Gasteiger partial charge in [0.15, 0.2) is 0 Å². The van der Waals surface area contributed by atoms with Crippen molar-refractivity contribution in [2.75, 3.05) is 0 Å². The van der Waals surface area contributed by atoms with Crippen LogP contribution >= 0.6 is 15.9 Å². The molecule has 0 aliphatic carbocycles. The molecule has 0 saturated carbocycles. The van der Waals surface area contributed by atoms with Gasteiger partial charge in [-0.3, -0.25) is 26.2 Å². The van der Waals surface area contributed by atoms with Crippen molar-refractivity contribution >= 4 is 27.0 Å². The fraction of sp³-hybridized carbons (Fsp3) is 0.133. The van der Waals surface area contributed by atoms with Crippen LogP contribution in [-0.2, 0) is 6.42 Å². The van der Waals surface area contributed by atoms with Gasteiger partial charge in [0.05, 0.1) is 17.1 Å². The molecular formula is C15H14BrN5. The summed E-state index contributed by atoms with van der Waals surface area (Å²) in [5.41, 5.74) is 6.78. The molecule has 6 heteroatoms. The maximum atomic E-state index is 5.72. The van der Waals surface area contributed by atoms with Crippen LogP contribution in [0.5, 0.6) is 0 Å². The second kappa shape index (κ2) is 6.26. The number of pyridine rings is 1. The lowest BCUT2D eigenvalue weighted by molar-refractivity contribution is 0.551. The molecule has 106 valence electrons. The van der Waals surface area contributed by atoms with E-state index in [1.807, 2.05) is 30.5 Å². The molecular weight excluding hydrogens is 330 g/mol. The Morgan fingerprint density at radius 1 is 1.10 bits per heavy atom. The molecule has 0 saturated heterocycles. The molecule has 2 aromatic heterocycles. The lowest BCUT2D eigenvalue weighted by atomic mass is 10.00. The molecule has 1 aromatic carbocycles. The van der Waals surface area contributed by atoms with Crippen molar-refractivity contribution in [2.45, 2.75) is 12.5 Å². The van der Waals surface area contributed by atoms with E-state index in [9.17, 15) is 0 Å². The number of rotatable bonds is 4. The lowest BCUT2D eigenvalue weighted by Crippen LogP contribution is -2.29. The van der Waals surface area contributed by atoms with Crippen molar-refractivity contribution in [3.63, 3.8) is 0 Å². The Balaban J connectivity index is 1.90. The van der Waals surface area contributed by atoms with Gasteiger partial charge in [-0.05, 0) is 51.7 Å². The number of hydrogen-bond donors (Lipinski definition) is 2. The molecule has 3 N–H and O–H groups in total. The van der Waals surface area contributed by atoms with E-state index in [0.29, 0.717) is 0 Å². The average molecular weight is 344 g/mol. The molecule has 1 unspecified atom stereocenters. The first-order chi connectivity index (χ1) is 10.3. The fourth-order valence-electron chi connectivity index (χ4n) is 2.27. The summed E-state index contributed by atoms with van der Waals surface area (Å²) in [6.45, 7) is 0. The smallest absolute Gasteiger partial charge is 0.0890 e. The third-order valence-electron chi connectivity index (χ3n) is 3.30. The van der Waals surface area contributed by atoms with Crippen LogP contribution in [0.2, 0.25) is 0 Å². The lowest BCUT2D eigenvalue weighted by Gasteiger charge is -2.16. The number of nitrogens with one attached hydrogen (secondary N) is 1. The van der Waals surface area contributed by atoms with E-state index in [1.54, 1.807) is 18.6 Å². The molecule has 0 spiro atoms. The number of fused-ring (bicyclic) bond motifs is 1. The van der Waals surface area contributed by atoms with E-state index in [1.165, 1.54) is 0 Å². The van der Waals surface area contributed by atoms with Crippen LogP contribution in [0.25, 0.3) is 11.0 Å². The number of hydrogen-bond acceptors (Lipinski definition) is 5. The zero-order chi connectivity index (χ0) is 14.7. The number of nitrogens with zero attached hydrogens (tertiary/aromatic N) is 3. The van der Waals surface area contributed by atoms with Gasteiger partial charge in [0.25, 0.3) is 0 Å². The number of halogens is 1. The van der Waals surface area contributed by atoms with Gasteiger partial charge in [-0.25, -0.2) is 0 Å². The van der Waals surface area contributed by atoms with Gasteiger partial charge in [0.1, 0.15) is 0 Å². The van der Waals surface area contributed by atoms with Gasteiger partial charge in [0, 0.05) is 29.3 Å². The van der Waals surface area contributed by atoms with E-state index in [4.69, 9.17) is 5.84 Å². The first-order valence-electron chi connectivity index (χ1n) is 6.52. The second-order valence-corrected chi connectivity index (χ2v) is 5.65. The molecule has 0 aliphatic heterocycles. The highest BCUT2D eigenvalue weighted by Crippen LogP contribution is 2.21. The summed E-state index contributed by atoms with van der Waals surface area (Å²) in [5, 5.41) is 0. The first-order valence-corrected chi connectivity index (χ1v) is 7.32. The standard InChI is InChI=1S/C15H14BrN5/c16-12-5-10(8-18-9-12)6-14(21-17)11-1-2-13-15(7-11)20-4-3-19-13/h1-5,7-9,14,21H,6,17H2. The average Bonchev–Trinajstić information content (AvgIpc) is 2.52. The van der Waals surface area contributed by atoms with Gasteiger partial charge in [0.2, 0.25) is 0 Å². The summed E-state index contributed by atoms with van der Waals surface area (Å²) in [7, 11) is 0. The summed E-state index contributed by atoms with van der Waals surface area (Å²) in [5.74, 6) is 5.72. The zero-order valence-corrected chi connectivity index (χ0v) is 12.8. The molecule has 2 heterocycles. The fourth-order valence-corrected chi connectivity index (χ4v) is 2.69. The normalized spacial score (nSPS) is 12.5. The van der Waals surface area contributed by atoms with Gasteiger partial charge in [-0.2, -0.15) is 0 Å². The van der Waals surface area contributed by atoms with Crippen LogP contribution in [0, 0.1) is 0 Å². The molecule has 21 heavy (non-hydrogen) atoms. The van der Waals surface area contributed by atoms with Crippen LogP contribution in [0.1, 0.15) is 17.2 Å². The topological polar surface area (TPSA) is 76.7 Å². The summed E-state index contributed by atoms with van der Waals surface area (Å²) in [6.07, 6.45) is 7.73. The van der Waals surface area contributed by atoms with E-state index < -0.39 is 0 Å². The summed E-state index contributed by atoms with van der Waals surface area (Å²) in [4.78, 5) is 12.8. The maximum Gasteiger partial charge on any atom is 0.0890 e. The van der Waals surface area contributed by atoms with Crippen LogP contribution in [0.15, 0.2) is 53.5 Å². The third kappa shape index (κ3) is 3.24. The van der Waals surface area contributed by atoms with Crippen molar-refractivity contribution in [3.8, 4) is 0 Å². The van der Waals surface area contributed by atoms with Crippen molar-refractivity contribution in [1.82, 2.24) is 20.4 Å². The Bertz CT molecular complexity index is 762. The van der Waals surface area contributed by atoms with Gasteiger partial charge < -0.3 is 0 Å². The van der Waals surface area contributed by atoms with Gasteiger partial charge in [-0.15, -0.1) is 0 Å². The van der Waals surface area contributed by atoms with Crippen molar-refractivity contribution in [2.24, 2.45) is 5.84 Å². The molecule has 3 rings (SSSR count).